The first-order valence-corrected chi connectivity index (χ1v) is 7.10. The summed E-state index contributed by atoms with van der Waals surface area (Å²) in [5.41, 5.74) is 0. The number of hydrogen-bond donors (Lipinski definition) is 0. The molecule has 0 fully saturated rings. The molecule has 0 saturated carbocycles. The van der Waals surface area contributed by atoms with Crippen LogP contribution in [0.2, 0.25) is 0 Å². The molecule has 0 aliphatic carbocycles. The van der Waals surface area contributed by atoms with E-state index in [1.807, 2.05) is 0 Å². The first-order valence-electron chi connectivity index (χ1n) is 7.10. The van der Waals surface area contributed by atoms with E-state index in [0.29, 0.717) is 6.61 Å². The van der Waals surface area contributed by atoms with Crippen molar-refractivity contribution in [1.82, 2.24) is 0 Å². The van der Waals surface area contributed by atoms with Gasteiger partial charge < -0.3 is 14.2 Å². The monoisotopic (exact) mass is 278 g/mol. The fourth-order valence-corrected chi connectivity index (χ4v) is 1.63. The largest absolute Gasteiger partial charge is 0.379 e. The summed E-state index contributed by atoms with van der Waals surface area (Å²) in [7, 11) is 0. The lowest BCUT2D eigenvalue weighted by molar-refractivity contribution is -0.105. The Morgan fingerprint density at radius 2 is 1.16 bits per heavy atom. The van der Waals surface area contributed by atoms with Gasteiger partial charge in [-0.3, -0.25) is 0 Å². The van der Waals surface area contributed by atoms with Gasteiger partial charge in [0.15, 0.2) is 0 Å². The van der Waals surface area contributed by atoms with Gasteiger partial charge in [-0.15, -0.1) is 0 Å². The molecule has 0 aliphatic heterocycles. The van der Waals surface area contributed by atoms with Crippen LogP contribution < -0.4 is 0 Å². The van der Waals surface area contributed by atoms with Crippen molar-refractivity contribution in [2.75, 3.05) is 26.4 Å². The predicted octanol–water partition coefficient (Wildman–Crippen LogP) is 4.69. The molecule has 2 unspecified atom stereocenters. The molecule has 0 aromatic carbocycles. The summed E-state index contributed by atoms with van der Waals surface area (Å²) in [5, 5.41) is 0. The van der Waals surface area contributed by atoms with Crippen LogP contribution in [0.1, 0.15) is 68.2 Å². The molecule has 0 amide bonds. The van der Waals surface area contributed by atoms with E-state index in [2.05, 4.69) is 27.7 Å². The average molecular weight is 278 g/mol. The molecule has 3 nitrogen and oxygen atoms in total. The lowest BCUT2D eigenvalue weighted by Gasteiger charge is -2.26. The van der Waals surface area contributed by atoms with Crippen molar-refractivity contribution in [2.45, 2.75) is 80.4 Å². The van der Waals surface area contributed by atoms with Crippen LogP contribution in [-0.2, 0) is 14.2 Å². The van der Waals surface area contributed by atoms with Crippen LogP contribution in [0.5, 0.6) is 0 Å². The Hall–Kier alpha value is -0.120. The third-order valence-electron chi connectivity index (χ3n) is 2.52. The molecular weight excluding hydrogens is 240 g/mol. The van der Waals surface area contributed by atoms with E-state index < -0.39 is 0 Å². The van der Waals surface area contributed by atoms with Gasteiger partial charge in [-0.2, -0.15) is 0 Å². The van der Waals surface area contributed by atoms with Gasteiger partial charge in [0.25, 0.3) is 0 Å². The molecule has 0 aromatic rings. The standard InChI is InChI=1S/C14H30O3.2CH4/c1-5-9-15-12-14(17-11-7-3)13(8-4)16-10-6-2;;/h13-14H,5-12H2,1-4H3;2*1H4. The zero-order valence-electron chi connectivity index (χ0n) is 12.0. The normalized spacial score (nSPS) is 13.3. The smallest absolute Gasteiger partial charge is 0.107 e. The van der Waals surface area contributed by atoms with Crippen LogP contribution in [-0.4, -0.2) is 38.6 Å². The lowest BCUT2D eigenvalue weighted by atomic mass is 10.1. The van der Waals surface area contributed by atoms with E-state index in [9.17, 15) is 0 Å². The molecule has 0 saturated heterocycles. The summed E-state index contributed by atoms with van der Waals surface area (Å²) in [6.45, 7) is 11.5. The Balaban J connectivity index is -0.00000128. The first-order chi connectivity index (χ1) is 8.29. The molecule has 0 radical (unpaired) electrons. The molecule has 2 atom stereocenters. The van der Waals surface area contributed by atoms with E-state index in [4.69, 9.17) is 14.2 Å². The molecule has 0 aromatic heterocycles. The minimum Gasteiger partial charge on any atom is -0.379 e. The van der Waals surface area contributed by atoms with Crippen LogP contribution >= 0.6 is 0 Å². The molecular formula is C16H38O3. The quantitative estimate of drug-likeness (QED) is 0.485. The summed E-state index contributed by atoms with van der Waals surface area (Å²) in [5.74, 6) is 0. The van der Waals surface area contributed by atoms with E-state index in [1.165, 1.54) is 0 Å². The second kappa shape index (κ2) is 17.9. The molecule has 0 spiro atoms. The molecule has 0 heterocycles. The second-order valence-electron chi connectivity index (χ2n) is 4.30. The fourth-order valence-electron chi connectivity index (χ4n) is 1.63. The van der Waals surface area contributed by atoms with Crippen molar-refractivity contribution < 1.29 is 14.2 Å². The molecule has 120 valence electrons. The summed E-state index contributed by atoms with van der Waals surface area (Å²) in [6, 6.07) is 0. The Kier molecular flexibility index (Phi) is 22.5. The van der Waals surface area contributed by atoms with Gasteiger partial charge in [-0.05, 0) is 25.7 Å². The molecule has 0 bridgehead atoms. The van der Waals surface area contributed by atoms with Crippen LogP contribution in [0.4, 0.5) is 0 Å². The van der Waals surface area contributed by atoms with Crippen LogP contribution in [0.25, 0.3) is 0 Å². The SMILES string of the molecule is C.C.CCCOCC(OCCC)C(CC)OCCC. The van der Waals surface area contributed by atoms with Crippen molar-refractivity contribution in [2.24, 2.45) is 0 Å². The Labute approximate surface area is 122 Å². The van der Waals surface area contributed by atoms with Crippen molar-refractivity contribution >= 4 is 0 Å². The third-order valence-corrected chi connectivity index (χ3v) is 2.52. The van der Waals surface area contributed by atoms with E-state index >= 15 is 0 Å². The van der Waals surface area contributed by atoms with Gasteiger partial charge in [0.2, 0.25) is 0 Å². The molecule has 19 heavy (non-hydrogen) atoms. The molecule has 0 rings (SSSR count). The maximum absolute atomic E-state index is 5.84. The van der Waals surface area contributed by atoms with Crippen molar-refractivity contribution in [3.05, 3.63) is 0 Å². The van der Waals surface area contributed by atoms with Gasteiger partial charge in [-0.1, -0.05) is 42.5 Å². The van der Waals surface area contributed by atoms with Crippen molar-refractivity contribution in [3.8, 4) is 0 Å². The van der Waals surface area contributed by atoms with Gasteiger partial charge in [0, 0.05) is 19.8 Å². The maximum atomic E-state index is 5.84. The van der Waals surface area contributed by atoms with Crippen LogP contribution in [0, 0.1) is 0 Å². The summed E-state index contributed by atoms with van der Waals surface area (Å²) in [4.78, 5) is 0. The number of hydrogen-bond acceptors (Lipinski definition) is 3. The summed E-state index contributed by atoms with van der Waals surface area (Å²) in [6.07, 6.45) is 4.36. The minimum atomic E-state index is 0. The van der Waals surface area contributed by atoms with Gasteiger partial charge in [0.05, 0.1) is 12.7 Å². The van der Waals surface area contributed by atoms with Crippen LogP contribution in [0.3, 0.4) is 0 Å². The first kappa shape index (κ1) is 23.9. The van der Waals surface area contributed by atoms with Crippen molar-refractivity contribution in [3.63, 3.8) is 0 Å². The van der Waals surface area contributed by atoms with E-state index in [1.54, 1.807) is 0 Å². The zero-order valence-corrected chi connectivity index (χ0v) is 12.0. The third kappa shape index (κ3) is 12.6. The number of ether oxygens (including phenoxy) is 3. The minimum absolute atomic E-state index is 0. The molecule has 0 aliphatic rings. The zero-order chi connectivity index (χ0) is 12.9. The lowest BCUT2D eigenvalue weighted by Crippen LogP contribution is -2.36. The summed E-state index contributed by atoms with van der Waals surface area (Å²) >= 11 is 0. The van der Waals surface area contributed by atoms with E-state index in [0.717, 1.165) is 45.5 Å². The highest BCUT2D eigenvalue weighted by molar-refractivity contribution is 4.69. The summed E-state index contributed by atoms with van der Waals surface area (Å²) < 4.78 is 17.3. The topological polar surface area (TPSA) is 27.7 Å². The highest BCUT2D eigenvalue weighted by Gasteiger charge is 2.21. The second-order valence-corrected chi connectivity index (χ2v) is 4.30. The average Bonchev–Trinajstić information content (AvgIpc) is 2.36. The van der Waals surface area contributed by atoms with Gasteiger partial charge in [-0.25, -0.2) is 0 Å². The molecule has 0 N–H and O–H groups in total. The Morgan fingerprint density at radius 3 is 1.58 bits per heavy atom. The maximum Gasteiger partial charge on any atom is 0.107 e. The van der Waals surface area contributed by atoms with Crippen molar-refractivity contribution in [1.29, 1.82) is 0 Å². The van der Waals surface area contributed by atoms with Gasteiger partial charge >= 0.3 is 0 Å². The number of rotatable bonds is 12. The van der Waals surface area contributed by atoms with Crippen LogP contribution in [0.15, 0.2) is 0 Å². The Bertz CT molecular complexity index is 151. The predicted molar refractivity (Wildman–Crippen MR) is 84.9 cm³/mol. The highest BCUT2D eigenvalue weighted by atomic mass is 16.6. The van der Waals surface area contributed by atoms with Gasteiger partial charge in [0.1, 0.15) is 6.10 Å². The fraction of sp³-hybridized carbons (Fsp3) is 1.00. The Morgan fingerprint density at radius 1 is 0.684 bits per heavy atom. The highest BCUT2D eigenvalue weighted by Crippen LogP contribution is 2.10. The van der Waals surface area contributed by atoms with E-state index in [-0.39, 0.29) is 27.1 Å². The molecule has 3 heteroatoms.